The Labute approximate surface area is 105 Å². The summed E-state index contributed by atoms with van der Waals surface area (Å²) in [6.07, 6.45) is 6.30. The molecule has 1 aliphatic rings. The monoisotopic (exact) mass is 283 g/mol. The average Bonchev–Trinajstić information content (AvgIpc) is 2.80. The predicted octanol–water partition coefficient (Wildman–Crippen LogP) is 3.54. The van der Waals surface area contributed by atoms with E-state index in [4.69, 9.17) is 5.90 Å². The van der Waals surface area contributed by atoms with Crippen LogP contribution < -0.4 is 5.90 Å². The lowest BCUT2D eigenvalue weighted by Crippen LogP contribution is -2.04. The fourth-order valence-electron chi connectivity index (χ4n) is 2.47. The van der Waals surface area contributed by atoms with E-state index in [0.717, 1.165) is 12.3 Å². The molecule has 1 aromatic carbocycles. The van der Waals surface area contributed by atoms with Gasteiger partial charge >= 0.3 is 0 Å². The average molecular weight is 284 g/mol. The molecule has 0 heterocycles. The third-order valence-corrected chi connectivity index (χ3v) is 4.06. The van der Waals surface area contributed by atoms with Crippen molar-refractivity contribution in [1.82, 2.24) is 0 Å². The SMILES string of the molecule is NOCCc1ccc(C2CCCC2)c(Br)c1. The van der Waals surface area contributed by atoms with Crippen LogP contribution in [0.15, 0.2) is 22.7 Å². The molecule has 0 aliphatic heterocycles. The normalized spacial score (nSPS) is 16.9. The number of halogens is 1. The molecule has 0 aromatic heterocycles. The molecule has 88 valence electrons. The van der Waals surface area contributed by atoms with Gasteiger partial charge < -0.3 is 4.84 Å². The lowest BCUT2D eigenvalue weighted by atomic mass is 9.96. The molecule has 2 N–H and O–H groups in total. The predicted molar refractivity (Wildman–Crippen MR) is 69.2 cm³/mol. The third-order valence-electron chi connectivity index (χ3n) is 3.37. The van der Waals surface area contributed by atoms with Crippen LogP contribution in [0.25, 0.3) is 0 Å². The summed E-state index contributed by atoms with van der Waals surface area (Å²) in [5.74, 6) is 5.79. The minimum Gasteiger partial charge on any atom is -0.304 e. The maximum Gasteiger partial charge on any atom is 0.0719 e. The van der Waals surface area contributed by atoms with Crippen molar-refractivity contribution in [3.8, 4) is 0 Å². The van der Waals surface area contributed by atoms with E-state index in [1.165, 1.54) is 41.3 Å². The van der Waals surface area contributed by atoms with Crippen molar-refractivity contribution in [2.45, 2.75) is 38.0 Å². The van der Waals surface area contributed by atoms with Gasteiger partial charge in [-0.3, -0.25) is 0 Å². The Morgan fingerprint density at radius 1 is 1.31 bits per heavy atom. The molecule has 2 nitrogen and oxygen atoms in total. The molecule has 3 heteroatoms. The quantitative estimate of drug-likeness (QED) is 0.858. The lowest BCUT2D eigenvalue weighted by molar-refractivity contribution is 0.141. The summed E-state index contributed by atoms with van der Waals surface area (Å²) < 4.78 is 1.24. The van der Waals surface area contributed by atoms with E-state index in [1.807, 2.05) is 0 Å². The maximum atomic E-state index is 5.03. The first-order valence-electron chi connectivity index (χ1n) is 5.91. The summed E-state index contributed by atoms with van der Waals surface area (Å²) in [5.41, 5.74) is 2.74. The molecule has 1 fully saturated rings. The Kier molecular flexibility index (Phi) is 4.38. The van der Waals surface area contributed by atoms with Gasteiger partial charge in [0.25, 0.3) is 0 Å². The van der Waals surface area contributed by atoms with Gasteiger partial charge in [0.05, 0.1) is 6.61 Å². The van der Waals surface area contributed by atoms with Crippen molar-refractivity contribution >= 4 is 15.9 Å². The fourth-order valence-corrected chi connectivity index (χ4v) is 3.22. The van der Waals surface area contributed by atoms with Gasteiger partial charge in [0.1, 0.15) is 0 Å². The molecule has 1 aliphatic carbocycles. The van der Waals surface area contributed by atoms with E-state index < -0.39 is 0 Å². The van der Waals surface area contributed by atoms with E-state index >= 15 is 0 Å². The van der Waals surface area contributed by atoms with Gasteiger partial charge in [0.15, 0.2) is 0 Å². The van der Waals surface area contributed by atoms with E-state index in [0.29, 0.717) is 6.61 Å². The van der Waals surface area contributed by atoms with Crippen LogP contribution in [-0.4, -0.2) is 6.61 Å². The third kappa shape index (κ3) is 2.84. The summed E-state index contributed by atoms with van der Waals surface area (Å²) in [6.45, 7) is 0.579. The molecule has 1 aromatic rings. The zero-order valence-electron chi connectivity index (χ0n) is 9.42. The summed E-state index contributed by atoms with van der Waals surface area (Å²) in [7, 11) is 0. The number of rotatable bonds is 4. The maximum absolute atomic E-state index is 5.03. The van der Waals surface area contributed by atoms with Gasteiger partial charge in [-0.05, 0) is 42.4 Å². The number of hydrogen-bond acceptors (Lipinski definition) is 2. The lowest BCUT2D eigenvalue weighted by Gasteiger charge is -2.13. The van der Waals surface area contributed by atoms with Crippen LogP contribution in [0.4, 0.5) is 0 Å². The molecule has 0 spiro atoms. The fraction of sp³-hybridized carbons (Fsp3) is 0.538. The molecule has 0 unspecified atom stereocenters. The van der Waals surface area contributed by atoms with Crippen molar-refractivity contribution in [2.24, 2.45) is 5.90 Å². The Morgan fingerprint density at radius 3 is 2.69 bits per heavy atom. The topological polar surface area (TPSA) is 35.2 Å². The van der Waals surface area contributed by atoms with Crippen molar-refractivity contribution < 1.29 is 4.84 Å². The number of hydrogen-bond donors (Lipinski definition) is 1. The minimum atomic E-state index is 0.579. The molecule has 0 saturated heterocycles. The first-order valence-corrected chi connectivity index (χ1v) is 6.70. The van der Waals surface area contributed by atoms with Crippen molar-refractivity contribution in [1.29, 1.82) is 0 Å². The van der Waals surface area contributed by atoms with Gasteiger partial charge in [-0.15, -0.1) is 0 Å². The largest absolute Gasteiger partial charge is 0.304 e. The highest BCUT2D eigenvalue weighted by molar-refractivity contribution is 9.10. The van der Waals surface area contributed by atoms with Gasteiger partial charge in [0, 0.05) is 4.47 Å². The first kappa shape index (κ1) is 12.1. The van der Waals surface area contributed by atoms with Gasteiger partial charge in [-0.1, -0.05) is 40.9 Å². The molecule has 16 heavy (non-hydrogen) atoms. The standard InChI is InChI=1S/C13H18BrNO/c14-13-9-10(7-8-16-15)5-6-12(13)11-3-1-2-4-11/h5-6,9,11H,1-4,7-8,15H2. The molecule has 2 rings (SSSR count). The second-order valence-corrected chi connectivity index (χ2v) is 5.31. The first-order chi connectivity index (χ1) is 7.81. The molecule has 1 saturated carbocycles. The summed E-state index contributed by atoms with van der Waals surface area (Å²) >= 11 is 3.68. The number of benzene rings is 1. The van der Waals surface area contributed by atoms with Crippen LogP contribution in [0.2, 0.25) is 0 Å². The zero-order chi connectivity index (χ0) is 11.4. The van der Waals surface area contributed by atoms with Crippen LogP contribution in [0.1, 0.15) is 42.7 Å². The Balaban J connectivity index is 2.09. The van der Waals surface area contributed by atoms with Gasteiger partial charge in [0.2, 0.25) is 0 Å². The zero-order valence-corrected chi connectivity index (χ0v) is 11.0. The molecule has 0 radical (unpaired) electrons. The second-order valence-electron chi connectivity index (χ2n) is 4.46. The molecule has 0 bridgehead atoms. The van der Waals surface area contributed by atoms with Crippen LogP contribution in [0.5, 0.6) is 0 Å². The Bertz CT molecular complexity index is 348. The summed E-state index contributed by atoms with van der Waals surface area (Å²) in [6, 6.07) is 6.65. The minimum absolute atomic E-state index is 0.579. The van der Waals surface area contributed by atoms with Crippen LogP contribution in [0.3, 0.4) is 0 Å². The van der Waals surface area contributed by atoms with Crippen molar-refractivity contribution in [3.63, 3.8) is 0 Å². The van der Waals surface area contributed by atoms with Crippen molar-refractivity contribution in [2.75, 3.05) is 6.61 Å². The van der Waals surface area contributed by atoms with E-state index in [9.17, 15) is 0 Å². The highest BCUT2D eigenvalue weighted by atomic mass is 79.9. The van der Waals surface area contributed by atoms with E-state index in [-0.39, 0.29) is 0 Å². The van der Waals surface area contributed by atoms with Crippen LogP contribution in [0, 0.1) is 0 Å². The number of nitrogens with two attached hydrogens (primary N) is 1. The van der Waals surface area contributed by atoms with Crippen LogP contribution in [-0.2, 0) is 11.3 Å². The Hall–Kier alpha value is -0.380. The smallest absolute Gasteiger partial charge is 0.0719 e. The van der Waals surface area contributed by atoms with Crippen molar-refractivity contribution in [3.05, 3.63) is 33.8 Å². The Morgan fingerprint density at radius 2 is 2.06 bits per heavy atom. The van der Waals surface area contributed by atoms with Crippen LogP contribution >= 0.6 is 15.9 Å². The molecular formula is C13H18BrNO. The molecule has 0 amide bonds. The van der Waals surface area contributed by atoms with Gasteiger partial charge in [-0.25, -0.2) is 5.90 Å². The molecule has 0 atom stereocenters. The van der Waals surface area contributed by atoms with E-state index in [1.54, 1.807) is 0 Å². The highest BCUT2D eigenvalue weighted by Crippen LogP contribution is 2.37. The highest BCUT2D eigenvalue weighted by Gasteiger charge is 2.19. The van der Waals surface area contributed by atoms with E-state index in [2.05, 4.69) is 39.0 Å². The molecular weight excluding hydrogens is 266 g/mol. The summed E-state index contributed by atoms with van der Waals surface area (Å²) in [5, 5.41) is 0. The van der Waals surface area contributed by atoms with Gasteiger partial charge in [-0.2, -0.15) is 0 Å². The second kappa shape index (κ2) is 5.80. The summed E-state index contributed by atoms with van der Waals surface area (Å²) in [4.78, 5) is 4.60.